The average molecular weight is 268 g/mol. The highest BCUT2D eigenvalue weighted by Crippen LogP contribution is 2.42. The third-order valence-electron chi connectivity index (χ3n) is 3.49. The first kappa shape index (κ1) is 13.6. The fraction of sp³-hybridized carbons (Fsp3) is 0.571. The smallest absolute Gasteiger partial charge is 0.264 e. The van der Waals surface area contributed by atoms with E-state index in [4.69, 9.17) is 4.18 Å². The second-order valence-electron chi connectivity index (χ2n) is 5.27. The molecule has 1 aliphatic carbocycles. The predicted molar refractivity (Wildman–Crippen MR) is 71.9 cm³/mol. The highest BCUT2D eigenvalue weighted by Gasteiger charge is 2.37. The molecule has 18 heavy (non-hydrogen) atoms. The first-order valence-corrected chi connectivity index (χ1v) is 8.15. The zero-order valence-electron chi connectivity index (χ0n) is 10.9. The van der Waals surface area contributed by atoms with Crippen molar-refractivity contribution in [2.75, 3.05) is 12.9 Å². The number of benzene rings is 1. The maximum Gasteiger partial charge on any atom is 0.264 e. The summed E-state index contributed by atoms with van der Waals surface area (Å²) >= 11 is 0. The molecule has 0 aliphatic heterocycles. The van der Waals surface area contributed by atoms with E-state index in [0.717, 1.165) is 25.5 Å². The van der Waals surface area contributed by atoms with E-state index in [1.54, 1.807) is 0 Å². The van der Waals surface area contributed by atoms with Crippen LogP contribution in [0.25, 0.3) is 0 Å². The fourth-order valence-corrected chi connectivity index (χ4v) is 2.61. The summed E-state index contributed by atoms with van der Waals surface area (Å²) in [7, 11) is -3.27. The summed E-state index contributed by atoms with van der Waals surface area (Å²) in [5, 5.41) is 0. The summed E-state index contributed by atoms with van der Waals surface area (Å²) in [6.07, 6.45) is 4.40. The molecule has 0 aromatic heterocycles. The van der Waals surface area contributed by atoms with Crippen LogP contribution >= 0.6 is 0 Å². The minimum atomic E-state index is -3.27. The second kappa shape index (κ2) is 5.41. The highest BCUT2D eigenvalue weighted by atomic mass is 32.2. The molecule has 1 aromatic carbocycles. The van der Waals surface area contributed by atoms with Gasteiger partial charge in [-0.05, 0) is 43.6 Å². The van der Waals surface area contributed by atoms with E-state index < -0.39 is 10.1 Å². The Morgan fingerprint density at radius 2 is 1.89 bits per heavy atom. The van der Waals surface area contributed by atoms with Gasteiger partial charge in [0.05, 0.1) is 12.9 Å². The van der Waals surface area contributed by atoms with Crippen LogP contribution in [0.1, 0.15) is 24.0 Å². The quantitative estimate of drug-likeness (QED) is 0.745. The standard InChI is InChI=1S/C14H20O3S/c1-11-3-5-12(6-4-11)7-8-13-9-14(13)10-17-18(2,15)16/h3-6,13-14H,7-10H2,1-2H3. The van der Waals surface area contributed by atoms with Crippen LogP contribution < -0.4 is 0 Å². The van der Waals surface area contributed by atoms with Gasteiger partial charge in [-0.3, -0.25) is 4.18 Å². The van der Waals surface area contributed by atoms with E-state index in [2.05, 4.69) is 31.2 Å². The summed E-state index contributed by atoms with van der Waals surface area (Å²) in [5.41, 5.74) is 2.64. The molecule has 4 heteroatoms. The molecule has 3 nitrogen and oxygen atoms in total. The van der Waals surface area contributed by atoms with E-state index >= 15 is 0 Å². The first-order valence-electron chi connectivity index (χ1n) is 6.34. The van der Waals surface area contributed by atoms with Gasteiger partial charge in [-0.1, -0.05) is 29.8 Å². The largest absolute Gasteiger partial charge is 0.270 e. The van der Waals surface area contributed by atoms with Crippen molar-refractivity contribution in [1.29, 1.82) is 0 Å². The Morgan fingerprint density at radius 3 is 2.50 bits per heavy atom. The van der Waals surface area contributed by atoms with Crippen molar-refractivity contribution in [1.82, 2.24) is 0 Å². The highest BCUT2D eigenvalue weighted by molar-refractivity contribution is 7.85. The van der Waals surface area contributed by atoms with Crippen molar-refractivity contribution in [3.05, 3.63) is 35.4 Å². The minimum absolute atomic E-state index is 0.359. The molecule has 2 unspecified atom stereocenters. The molecule has 1 saturated carbocycles. The zero-order valence-corrected chi connectivity index (χ0v) is 11.7. The molecule has 0 spiro atoms. The summed E-state index contributed by atoms with van der Waals surface area (Å²) < 4.78 is 26.5. The molecule has 0 N–H and O–H groups in total. The van der Waals surface area contributed by atoms with Crippen LogP contribution in [0.3, 0.4) is 0 Å². The van der Waals surface area contributed by atoms with Crippen molar-refractivity contribution in [2.24, 2.45) is 11.8 Å². The van der Waals surface area contributed by atoms with Gasteiger partial charge >= 0.3 is 0 Å². The van der Waals surface area contributed by atoms with Crippen molar-refractivity contribution >= 4 is 10.1 Å². The Bertz CT molecular complexity index is 490. The molecule has 1 aromatic rings. The van der Waals surface area contributed by atoms with Crippen LogP contribution in [-0.2, 0) is 20.7 Å². The van der Waals surface area contributed by atoms with Gasteiger partial charge in [0.25, 0.3) is 10.1 Å². The molecule has 2 atom stereocenters. The third-order valence-corrected chi connectivity index (χ3v) is 4.05. The van der Waals surface area contributed by atoms with Gasteiger partial charge in [0.1, 0.15) is 0 Å². The zero-order chi connectivity index (χ0) is 13.2. The summed E-state index contributed by atoms with van der Waals surface area (Å²) in [4.78, 5) is 0. The number of aryl methyl sites for hydroxylation is 2. The average Bonchev–Trinajstić information content (AvgIpc) is 3.04. The molecule has 100 valence electrons. The Morgan fingerprint density at radius 1 is 1.22 bits per heavy atom. The van der Waals surface area contributed by atoms with Crippen LogP contribution in [0.5, 0.6) is 0 Å². The van der Waals surface area contributed by atoms with Gasteiger partial charge in [0, 0.05) is 0 Å². The lowest BCUT2D eigenvalue weighted by Gasteiger charge is -2.02. The lowest BCUT2D eigenvalue weighted by molar-refractivity contribution is 0.296. The minimum Gasteiger partial charge on any atom is -0.270 e. The Balaban J connectivity index is 1.69. The summed E-state index contributed by atoms with van der Waals surface area (Å²) in [6.45, 7) is 2.45. The van der Waals surface area contributed by atoms with E-state index in [-0.39, 0.29) is 0 Å². The molecule has 0 heterocycles. The fourth-order valence-electron chi connectivity index (χ4n) is 2.19. The second-order valence-corrected chi connectivity index (χ2v) is 6.91. The Labute approximate surface area is 109 Å². The van der Waals surface area contributed by atoms with Gasteiger partial charge < -0.3 is 0 Å². The molecule has 1 fully saturated rings. The van der Waals surface area contributed by atoms with Gasteiger partial charge in [0.2, 0.25) is 0 Å². The van der Waals surface area contributed by atoms with Crippen molar-refractivity contribution in [3.8, 4) is 0 Å². The van der Waals surface area contributed by atoms with Crippen molar-refractivity contribution in [3.63, 3.8) is 0 Å². The number of hydrogen-bond acceptors (Lipinski definition) is 3. The normalized spacial score (nSPS) is 23.0. The molecule has 0 radical (unpaired) electrons. The van der Waals surface area contributed by atoms with Gasteiger partial charge in [0.15, 0.2) is 0 Å². The maximum atomic E-state index is 10.9. The monoisotopic (exact) mass is 268 g/mol. The molecule has 2 rings (SSSR count). The van der Waals surface area contributed by atoms with E-state index in [1.165, 1.54) is 11.1 Å². The van der Waals surface area contributed by atoms with Gasteiger partial charge in [-0.15, -0.1) is 0 Å². The Hall–Kier alpha value is -0.870. The molecule has 0 saturated heterocycles. The topological polar surface area (TPSA) is 43.4 Å². The molecule has 0 bridgehead atoms. The van der Waals surface area contributed by atoms with E-state index in [9.17, 15) is 8.42 Å². The van der Waals surface area contributed by atoms with Crippen molar-refractivity contribution in [2.45, 2.75) is 26.2 Å². The molecular weight excluding hydrogens is 248 g/mol. The maximum absolute atomic E-state index is 10.9. The lowest BCUT2D eigenvalue weighted by Crippen LogP contribution is -2.06. The number of hydrogen-bond donors (Lipinski definition) is 0. The van der Waals surface area contributed by atoms with Crippen LogP contribution in [0.15, 0.2) is 24.3 Å². The first-order chi connectivity index (χ1) is 8.44. The van der Waals surface area contributed by atoms with Crippen molar-refractivity contribution < 1.29 is 12.6 Å². The molecular formula is C14H20O3S. The molecule has 1 aliphatic rings. The van der Waals surface area contributed by atoms with Crippen LogP contribution in [0.2, 0.25) is 0 Å². The molecule has 0 amide bonds. The Kier molecular flexibility index (Phi) is 4.07. The van der Waals surface area contributed by atoms with Crippen LogP contribution in [0, 0.1) is 18.8 Å². The third kappa shape index (κ3) is 4.42. The lowest BCUT2D eigenvalue weighted by atomic mass is 10.1. The van der Waals surface area contributed by atoms with Gasteiger partial charge in [-0.25, -0.2) is 0 Å². The van der Waals surface area contributed by atoms with Gasteiger partial charge in [-0.2, -0.15) is 8.42 Å². The van der Waals surface area contributed by atoms with E-state index in [0.29, 0.717) is 18.4 Å². The van der Waals surface area contributed by atoms with Crippen LogP contribution in [-0.4, -0.2) is 21.3 Å². The SMILES string of the molecule is Cc1ccc(CCC2CC2COS(C)(=O)=O)cc1. The summed E-state index contributed by atoms with van der Waals surface area (Å²) in [5.74, 6) is 1.07. The predicted octanol–water partition coefficient (Wildman–Crippen LogP) is 2.54. The summed E-state index contributed by atoms with van der Waals surface area (Å²) in [6, 6.07) is 8.60. The van der Waals surface area contributed by atoms with E-state index in [1.807, 2.05) is 0 Å². The number of rotatable bonds is 6. The van der Waals surface area contributed by atoms with Crippen LogP contribution in [0.4, 0.5) is 0 Å².